The number of unbranched alkanes of at least 4 members (excludes halogenated alkanes) is 1. The molecule has 1 aliphatic carbocycles. The van der Waals surface area contributed by atoms with Crippen LogP contribution >= 0.6 is 0 Å². The van der Waals surface area contributed by atoms with Crippen molar-refractivity contribution in [3.63, 3.8) is 0 Å². The lowest BCUT2D eigenvalue weighted by Gasteiger charge is -2.15. The molecule has 0 saturated carbocycles. The van der Waals surface area contributed by atoms with Gasteiger partial charge in [0.1, 0.15) is 5.78 Å². The summed E-state index contributed by atoms with van der Waals surface area (Å²) in [5.41, 5.74) is 6.92. The van der Waals surface area contributed by atoms with Crippen molar-refractivity contribution in [2.24, 2.45) is 0 Å². The van der Waals surface area contributed by atoms with E-state index in [4.69, 9.17) is 9.47 Å². The number of hydrogen-bond donors (Lipinski definition) is 1. The van der Waals surface area contributed by atoms with Crippen molar-refractivity contribution in [3.05, 3.63) is 76.4 Å². The van der Waals surface area contributed by atoms with Crippen LogP contribution in [0.25, 0.3) is 5.57 Å². The summed E-state index contributed by atoms with van der Waals surface area (Å²) in [5, 5.41) is 3.00. The third kappa shape index (κ3) is 10.4. The second-order valence-corrected chi connectivity index (χ2v) is 10.5. The lowest BCUT2D eigenvalue weighted by Crippen LogP contribution is -2.25. The lowest BCUT2D eigenvalue weighted by atomic mass is 9.91. The van der Waals surface area contributed by atoms with Crippen LogP contribution in [0.5, 0.6) is 0 Å². The van der Waals surface area contributed by atoms with E-state index in [1.54, 1.807) is 0 Å². The predicted octanol–water partition coefficient (Wildman–Crippen LogP) is 5.47. The van der Waals surface area contributed by atoms with E-state index in [0.717, 1.165) is 50.8 Å². The molecule has 0 radical (unpaired) electrons. The topological polar surface area (TPSA) is 67.9 Å². The lowest BCUT2D eigenvalue weighted by molar-refractivity contribution is -0.120. The number of nitrogens with zero attached hydrogens (tertiary/aromatic N) is 1. The normalized spacial score (nSPS) is 13.7. The molecule has 0 fully saturated rings. The van der Waals surface area contributed by atoms with E-state index in [1.807, 2.05) is 12.1 Å². The van der Waals surface area contributed by atoms with Crippen LogP contribution in [0.2, 0.25) is 0 Å². The van der Waals surface area contributed by atoms with Gasteiger partial charge >= 0.3 is 0 Å². The molecule has 3 rings (SSSR count). The number of ketones is 1. The molecular weight excluding hydrogens is 488 g/mol. The second-order valence-electron chi connectivity index (χ2n) is 10.5. The number of Topliss-reactive ketones (excluding diaryl/α,β-unsaturated/α-hetero) is 1. The minimum atomic E-state index is -0.0955. The Morgan fingerprint density at radius 3 is 2.41 bits per heavy atom. The molecule has 1 aliphatic rings. The number of rotatable bonds is 17. The van der Waals surface area contributed by atoms with Crippen LogP contribution in [0, 0.1) is 0 Å². The standard InChI is InChI=1S/C33H46N2O4/c1-4-5-21-38-23-24-39-22-18-29(36)11-8-19-34-33(37)28-17-16-27-15-14-26-10-6-7-12-30(26)31(32(27)25-28)13-9-20-35(2)3/h6-7,10,12-13,16-17,25H,4-5,8-9,11,14-15,18-24H2,1-3H3,(H,34,37)/b31-13-. The predicted molar refractivity (Wildman–Crippen MR) is 158 cm³/mol. The third-order valence-corrected chi connectivity index (χ3v) is 7.02. The minimum Gasteiger partial charge on any atom is -0.379 e. The van der Waals surface area contributed by atoms with Crippen LogP contribution in [-0.2, 0) is 27.1 Å². The Balaban J connectivity index is 1.50. The van der Waals surface area contributed by atoms with Crippen LogP contribution in [0.4, 0.5) is 0 Å². The molecule has 1 amide bonds. The van der Waals surface area contributed by atoms with Crippen molar-refractivity contribution in [2.45, 2.75) is 58.3 Å². The van der Waals surface area contributed by atoms with Crippen molar-refractivity contribution in [1.82, 2.24) is 10.2 Å². The van der Waals surface area contributed by atoms with Gasteiger partial charge in [-0.15, -0.1) is 0 Å². The smallest absolute Gasteiger partial charge is 0.251 e. The second kappa shape index (κ2) is 17.0. The molecule has 1 N–H and O–H groups in total. The van der Waals surface area contributed by atoms with Gasteiger partial charge in [-0.25, -0.2) is 0 Å². The Kier molecular flexibility index (Phi) is 13.4. The summed E-state index contributed by atoms with van der Waals surface area (Å²) in [6.45, 7) is 5.85. The monoisotopic (exact) mass is 534 g/mol. The van der Waals surface area contributed by atoms with Crippen LogP contribution in [-0.4, -0.2) is 70.2 Å². The molecule has 39 heavy (non-hydrogen) atoms. The zero-order chi connectivity index (χ0) is 27.9. The zero-order valence-corrected chi connectivity index (χ0v) is 24.1. The highest BCUT2D eigenvalue weighted by molar-refractivity contribution is 5.96. The summed E-state index contributed by atoms with van der Waals surface area (Å²) >= 11 is 0. The molecule has 0 saturated heterocycles. The molecule has 0 aliphatic heterocycles. The number of nitrogens with one attached hydrogen (secondary N) is 1. The quantitative estimate of drug-likeness (QED) is 0.273. The van der Waals surface area contributed by atoms with Crippen LogP contribution in [0.1, 0.15) is 78.1 Å². The van der Waals surface area contributed by atoms with E-state index >= 15 is 0 Å². The number of hydrogen-bond acceptors (Lipinski definition) is 5. The van der Waals surface area contributed by atoms with E-state index in [-0.39, 0.29) is 11.7 Å². The van der Waals surface area contributed by atoms with E-state index < -0.39 is 0 Å². The molecule has 2 aromatic rings. The Morgan fingerprint density at radius 2 is 1.64 bits per heavy atom. The summed E-state index contributed by atoms with van der Waals surface area (Å²) in [7, 11) is 4.17. The number of carbonyl (C=O) groups is 2. The van der Waals surface area contributed by atoms with Gasteiger partial charge in [-0.05, 0) is 86.2 Å². The van der Waals surface area contributed by atoms with E-state index in [9.17, 15) is 9.59 Å². The van der Waals surface area contributed by atoms with Crippen LogP contribution < -0.4 is 5.32 Å². The molecule has 0 spiro atoms. The Labute approximate surface area is 234 Å². The summed E-state index contributed by atoms with van der Waals surface area (Å²) in [5.74, 6) is 0.0641. The fraction of sp³-hybridized carbons (Fsp3) is 0.515. The van der Waals surface area contributed by atoms with E-state index in [0.29, 0.717) is 51.2 Å². The van der Waals surface area contributed by atoms with Crippen LogP contribution in [0.15, 0.2) is 48.5 Å². The molecule has 6 heteroatoms. The van der Waals surface area contributed by atoms with Gasteiger partial charge in [-0.1, -0.05) is 49.8 Å². The van der Waals surface area contributed by atoms with Gasteiger partial charge in [-0.2, -0.15) is 0 Å². The van der Waals surface area contributed by atoms with Gasteiger partial charge in [0.2, 0.25) is 0 Å². The van der Waals surface area contributed by atoms with Gasteiger partial charge < -0.3 is 19.7 Å². The zero-order valence-electron chi connectivity index (χ0n) is 24.1. The first kappa shape index (κ1) is 30.7. The maximum absolute atomic E-state index is 13.0. The molecule has 0 aromatic heterocycles. The molecule has 0 unspecified atom stereocenters. The van der Waals surface area contributed by atoms with Crippen LogP contribution in [0.3, 0.4) is 0 Å². The average Bonchev–Trinajstić information content (AvgIpc) is 3.09. The fourth-order valence-corrected chi connectivity index (χ4v) is 4.76. The first-order chi connectivity index (χ1) is 19.0. The molecule has 212 valence electrons. The molecule has 0 bridgehead atoms. The maximum atomic E-state index is 13.0. The van der Waals surface area contributed by atoms with Crippen molar-refractivity contribution >= 4 is 17.3 Å². The molecule has 0 heterocycles. The number of aryl methyl sites for hydroxylation is 2. The Bertz CT molecular complexity index is 1090. The number of amides is 1. The fourth-order valence-electron chi connectivity index (χ4n) is 4.76. The largest absolute Gasteiger partial charge is 0.379 e. The third-order valence-electron chi connectivity index (χ3n) is 7.02. The van der Waals surface area contributed by atoms with Gasteiger partial charge in [0.25, 0.3) is 5.91 Å². The van der Waals surface area contributed by atoms with Crippen molar-refractivity contribution in [3.8, 4) is 0 Å². The Hall–Kier alpha value is -2.80. The highest BCUT2D eigenvalue weighted by atomic mass is 16.5. The van der Waals surface area contributed by atoms with Gasteiger partial charge in [0.15, 0.2) is 0 Å². The van der Waals surface area contributed by atoms with Crippen molar-refractivity contribution in [2.75, 3.05) is 53.6 Å². The highest BCUT2D eigenvalue weighted by Crippen LogP contribution is 2.34. The first-order valence-electron chi connectivity index (χ1n) is 14.5. The first-order valence-corrected chi connectivity index (χ1v) is 14.5. The van der Waals surface area contributed by atoms with Crippen molar-refractivity contribution < 1.29 is 19.1 Å². The maximum Gasteiger partial charge on any atom is 0.251 e. The molecule has 0 atom stereocenters. The van der Waals surface area contributed by atoms with Gasteiger partial charge in [-0.3, -0.25) is 9.59 Å². The Morgan fingerprint density at radius 1 is 0.897 bits per heavy atom. The summed E-state index contributed by atoms with van der Waals surface area (Å²) in [6.07, 6.45) is 8.85. The summed E-state index contributed by atoms with van der Waals surface area (Å²) in [4.78, 5) is 27.3. The average molecular weight is 535 g/mol. The minimum absolute atomic E-state index is 0.0955. The number of benzene rings is 2. The van der Waals surface area contributed by atoms with Gasteiger partial charge in [0.05, 0.1) is 19.8 Å². The molecule has 6 nitrogen and oxygen atoms in total. The molecule has 2 aromatic carbocycles. The van der Waals surface area contributed by atoms with Crippen molar-refractivity contribution in [1.29, 1.82) is 0 Å². The molecular formula is C33H46N2O4. The number of fused-ring (bicyclic) bond motifs is 2. The SMILES string of the molecule is CCCCOCCOCCC(=O)CCCNC(=O)c1ccc2c(c1)/C(=C\CCN(C)C)c1ccccc1CC2. The van der Waals surface area contributed by atoms with Gasteiger partial charge in [0, 0.05) is 38.1 Å². The number of ether oxygens (including phenoxy) is 2. The highest BCUT2D eigenvalue weighted by Gasteiger charge is 2.19. The van der Waals surface area contributed by atoms with E-state index in [1.165, 1.54) is 22.3 Å². The summed E-state index contributed by atoms with van der Waals surface area (Å²) in [6, 6.07) is 14.7. The summed E-state index contributed by atoms with van der Waals surface area (Å²) < 4.78 is 10.9. The van der Waals surface area contributed by atoms with E-state index in [2.05, 4.69) is 67.6 Å². The number of carbonyl (C=O) groups excluding carboxylic acids is 2.